The maximum absolute atomic E-state index is 11.9. The average Bonchev–Trinajstić information content (AvgIpc) is 2.18. The third-order valence-corrected chi connectivity index (χ3v) is 1.79. The Morgan fingerprint density at radius 2 is 2.20 bits per heavy atom. The van der Waals surface area contributed by atoms with Crippen molar-refractivity contribution in [2.75, 3.05) is 0 Å². The molecule has 1 aromatic rings. The molecule has 0 aliphatic heterocycles. The van der Waals surface area contributed by atoms with Gasteiger partial charge < -0.3 is 14.6 Å². The van der Waals surface area contributed by atoms with E-state index in [4.69, 9.17) is 0 Å². The number of aryl methyl sites for hydroxylation is 1. The number of aldehydes is 1. The Bertz CT molecular complexity index is 339. The zero-order valence-electron chi connectivity index (χ0n) is 7.82. The van der Waals surface area contributed by atoms with Crippen molar-refractivity contribution in [2.45, 2.75) is 19.5 Å². The molecule has 0 fully saturated rings. The van der Waals surface area contributed by atoms with Gasteiger partial charge in [0, 0.05) is 6.42 Å². The fraction of sp³-hybridized carbons (Fsp3) is 0.300. The first-order valence-corrected chi connectivity index (χ1v) is 4.34. The van der Waals surface area contributed by atoms with Gasteiger partial charge in [-0.3, -0.25) is 0 Å². The topological polar surface area (TPSA) is 46.5 Å². The Morgan fingerprint density at radius 3 is 2.80 bits per heavy atom. The van der Waals surface area contributed by atoms with E-state index in [1.54, 1.807) is 6.07 Å². The van der Waals surface area contributed by atoms with E-state index in [1.165, 1.54) is 12.1 Å². The summed E-state index contributed by atoms with van der Waals surface area (Å²) in [5.74, 6) is -0.612. The number of hydrogen-bond acceptors (Lipinski definition) is 3. The Balaban J connectivity index is 2.79. The summed E-state index contributed by atoms with van der Waals surface area (Å²) >= 11 is 0. The third-order valence-electron chi connectivity index (χ3n) is 1.79. The van der Waals surface area contributed by atoms with Crippen LogP contribution in [0.2, 0.25) is 0 Å². The van der Waals surface area contributed by atoms with Crippen molar-refractivity contribution in [3.05, 3.63) is 23.8 Å². The molecule has 0 bridgehead atoms. The van der Waals surface area contributed by atoms with Crippen LogP contribution >= 0.6 is 0 Å². The van der Waals surface area contributed by atoms with Gasteiger partial charge in [-0.05, 0) is 24.1 Å². The number of alkyl halides is 2. The molecule has 82 valence electrons. The fourth-order valence-electron chi connectivity index (χ4n) is 1.13. The zero-order chi connectivity index (χ0) is 11.3. The van der Waals surface area contributed by atoms with Crippen LogP contribution in [0.25, 0.3) is 0 Å². The Hall–Kier alpha value is -1.65. The standard InChI is InChI=1S/C10H10F2O3/c11-10(12)15-9-6-7(2-1-5-13)3-4-8(9)14/h3-6,10,14H,1-2H2. The van der Waals surface area contributed by atoms with Gasteiger partial charge in [0.05, 0.1) is 0 Å². The van der Waals surface area contributed by atoms with Crippen LogP contribution in [0.4, 0.5) is 8.78 Å². The van der Waals surface area contributed by atoms with Crippen molar-refractivity contribution in [1.29, 1.82) is 0 Å². The highest BCUT2D eigenvalue weighted by molar-refractivity contribution is 5.50. The van der Waals surface area contributed by atoms with Crippen LogP contribution in [-0.2, 0) is 11.2 Å². The van der Waals surface area contributed by atoms with Gasteiger partial charge in [0.25, 0.3) is 0 Å². The molecular formula is C10H10F2O3. The van der Waals surface area contributed by atoms with E-state index in [-0.39, 0.29) is 11.5 Å². The molecular weight excluding hydrogens is 206 g/mol. The first kappa shape index (κ1) is 11.4. The van der Waals surface area contributed by atoms with Gasteiger partial charge in [0.15, 0.2) is 11.5 Å². The summed E-state index contributed by atoms with van der Waals surface area (Å²) in [6.07, 6.45) is 1.47. The number of ether oxygens (including phenoxy) is 1. The van der Waals surface area contributed by atoms with E-state index in [0.29, 0.717) is 18.4 Å². The van der Waals surface area contributed by atoms with Gasteiger partial charge in [-0.1, -0.05) is 6.07 Å². The number of hydrogen-bond donors (Lipinski definition) is 1. The van der Waals surface area contributed by atoms with Crippen LogP contribution in [0.5, 0.6) is 11.5 Å². The zero-order valence-corrected chi connectivity index (χ0v) is 7.82. The maximum atomic E-state index is 11.9. The summed E-state index contributed by atoms with van der Waals surface area (Å²) in [4.78, 5) is 10.1. The normalized spacial score (nSPS) is 10.3. The maximum Gasteiger partial charge on any atom is 0.387 e. The molecule has 3 nitrogen and oxygen atoms in total. The molecule has 0 saturated carbocycles. The number of phenols is 1. The van der Waals surface area contributed by atoms with Crippen LogP contribution in [0.15, 0.2) is 18.2 Å². The Morgan fingerprint density at radius 1 is 1.47 bits per heavy atom. The van der Waals surface area contributed by atoms with Crippen molar-refractivity contribution in [3.8, 4) is 11.5 Å². The number of benzene rings is 1. The van der Waals surface area contributed by atoms with Gasteiger partial charge in [-0.25, -0.2) is 0 Å². The molecule has 0 heterocycles. The summed E-state index contributed by atoms with van der Waals surface area (Å²) in [6, 6.07) is 4.11. The van der Waals surface area contributed by atoms with Crippen molar-refractivity contribution in [3.63, 3.8) is 0 Å². The minimum atomic E-state index is -2.97. The van der Waals surface area contributed by atoms with Gasteiger partial charge >= 0.3 is 6.61 Å². The molecule has 15 heavy (non-hydrogen) atoms. The van der Waals surface area contributed by atoms with Crippen LogP contribution in [-0.4, -0.2) is 18.0 Å². The van der Waals surface area contributed by atoms with Crippen LogP contribution in [0.1, 0.15) is 12.0 Å². The summed E-state index contributed by atoms with van der Waals surface area (Å²) < 4.78 is 27.9. The molecule has 0 amide bonds. The largest absolute Gasteiger partial charge is 0.504 e. The highest BCUT2D eigenvalue weighted by Gasteiger charge is 2.09. The number of carbonyl (C=O) groups excluding carboxylic acids is 1. The molecule has 0 unspecified atom stereocenters. The van der Waals surface area contributed by atoms with E-state index in [2.05, 4.69) is 4.74 Å². The van der Waals surface area contributed by atoms with Crippen molar-refractivity contribution in [2.24, 2.45) is 0 Å². The number of phenolic OH excluding ortho intramolecular Hbond substituents is 1. The molecule has 1 rings (SSSR count). The molecule has 0 aliphatic carbocycles. The van der Waals surface area contributed by atoms with Crippen molar-refractivity contribution < 1.29 is 23.4 Å². The minimum Gasteiger partial charge on any atom is -0.504 e. The van der Waals surface area contributed by atoms with Gasteiger partial charge in [0.2, 0.25) is 0 Å². The molecule has 0 radical (unpaired) electrons. The quantitative estimate of drug-likeness (QED) is 0.767. The second kappa shape index (κ2) is 5.29. The third kappa shape index (κ3) is 3.53. The predicted octanol–water partition coefficient (Wildman–Crippen LogP) is 2.13. The molecule has 1 N–H and O–H groups in total. The Labute approximate surface area is 85.3 Å². The molecule has 5 heteroatoms. The van der Waals surface area contributed by atoms with Crippen molar-refractivity contribution >= 4 is 6.29 Å². The highest BCUT2D eigenvalue weighted by Crippen LogP contribution is 2.28. The van der Waals surface area contributed by atoms with Gasteiger partial charge in [0.1, 0.15) is 6.29 Å². The van der Waals surface area contributed by atoms with Gasteiger partial charge in [-0.2, -0.15) is 8.78 Å². The van der Waals surface area contributed by atoms with E-state index in [9.17, 15) is 18.7 Å². The lowest BCUT2D eigenvalue weighted by Gasteiger charge is -2.08. The van der Waals surface area contributed by atoms with Crippen LogP contribution in [0.3, 0.4) is 0 Å². The lowest BCUT2D eigenvalue weighted by atomic mass is 10.1. The monoisotopic (exact) mass is 216 g/mol. The lowest BCUT2D eigenvalue weighted by molar-refractivity contribution is -0.107. The van der Waals surface area contributed by atoms with E-state index >= 15 is 0 Å². The summed E-state index contributed by atoms with van der Waals surface area (Å²) in [6.45, 7) is -2.97. The highest BCUT2D eigenvalue weighted by atomic mass is 19.3. The summed E-state index contributed by atoms with van der Waals surface area (Å²) in [5, 5.41) is 9.18. The number of rotatable bonds is 5. The second-order valence-corrected chi connectivity index (χ2v) is 2.89. The fourth-order valence-corrected chi connectivity index (χ4v) is 1.13. The van der Waals surface area contributed by atoms with Crippen LogP contribution in [0, 0.1) is 0 Å². The average molecular weight is 216 g/mol. The molecule has 0 atom stereocenters. The molecule has 0 spiro atoms. The SMILES string of the molecule is O=CCCc1ccc(O)c(OC(F)F)c1. The number of carbonyl (C=O) groups is 1. The van der Waals surface area contributed by atoms with Crippen LogP contribution < -0.4 is 4.74 Å². The van der Waals surface area contributed by atoms with Crippen molar-refractivity contribution in [1.82, 2.24) is 0 Å². The van der Waals surface area contributed by atoms with E-state index < -0.39 is 6.61 Å². The first-order chi connectivity index (χ1) is 7.13. The Kier molecular flexibility index (Phi) is 4.03. The number of aromatic hydroxyl groups is 1. The van der Waals surface area contributed by atoms with Gasteiger partial charge in [-0.15, -0.1) is 0 Å². The minimum absolute atomic E-state index is 0.270. The summed E-state index contributed by atoms with van der Waals surface area (Å²) in [7, 11) is 0. The molecule has 0 aliphatic rings. The lowest BCUT2D eigenvalue weighted by Crippen LogP contribution is -2.02. The second-order valence-electron chi connectivity index (χ2n) is 2.89. The predicted molar refractivity (Wildman–Crippen MR) is 49.1 cm³/mol. The smallest absolute Gasteiger partial charge is 0.387 e. The molecule has 1 aromatic carbocycles. The molecule has 0 aromatic heterocycles. The van der Waals surface area contributed by atoms with E-state index in [1.807, 2.05) is 0 Å². The number of halogens is 2. The first-order valence-electron chi connectivity index (χ1n) is 4.34. The summed E-state index contributed by atoms with van der Waals surface area (Å²) in [5.41, 5.74) is 0.663. The molecule has 0 saturated heterocycles. The van der Waals surface area contributed by atoms with E-state index in [0.717, 1.165) is 6.29 Å².